The number of benzene rings is 2. The summed E-state index contributed by atoms with van der Waals surface area (Å²) in [5.74, 6) is 0.680. The maximum absolute atomic E-state index is 12.7. The molecule has 2 N–H and O–H groups in total. The molecule has 2 heterocycles. The number of primary amides is 1. The molecule has 0 atom stereocenters. The number of likely N-dealkylation sites (tertiary alicyclic amines) is 1. The van der Waals surface area contributed by atoms with Crippen LogP contribution in [0, 0.1) is 6.92 Å². The van der Waals surface area contributed by atoms with Crippen molar-refractivity contribution in [3.63, 3.8) is 0 Å². The van der Waals surface area contributed by atoms with Gasteiger partial charge in [0, 0.05) is 24.4 Å². The second-order valence-corrected chi connectivity index (χ2v) is 8.08. The summed E-state index contributed by atoms with van der Waals surface area (Å²) >= 11 is 0. The minimum atomic E-state index is -0.475. The lowest BCUT2D eigenvalue weighted by Gasteiger charge is -2.32. The van der Waals surface area contributed by atoms with Crippen molar-refractivity contribution in [2.24, 2.45) is 5.73 Å². The van der Waals surface area contributed by atoms with Gasteiger partial charge < -0.3 is 20.1 Å². The van der Waals surface area contributed by atoms with Gasteiger partial charge in [-0.1, -0.05) is 24.3 Å². The second kappa shape index (κ2) is 9.26. The van der Waals surface area contributed by atoms with Crippen LogP contribution in [0.15, 0.2) is 48.5 Å². The van der Waals surface area contributed by atoms with Gasteiger partial charge in [-0.25, -0.2) is 0 Å². The molecular weight excluding hydrogens is 406 g/mol. The van der Waals surface area contributed by atoms with E-state index in [2.05, 4.69) is 0 Å². The molecule has 0 saturated carbocycles. The monoisotopic (exact) mass is 433 g/mol. The highest BCUT2D eigenvalue weighted by molar-refractivity contribution is 5.97. The quantitative estimate of drug-likeness (QED) is 0.643. The molecular formula is C25H27N3O4. The molecule has 7 nitrogen and oxygen atoms in total. The van der Waals surface area contributed by atoms with Crippen LogP contribution in [0.25, 0.3) is 10.9 Å². The molecule has 1 aliphatic rings. The molecule has 4 rings (SSSR count). The van der Waals surface area contributed by atoms with Gasteiger partial charge in [-0.3, -0.25) is 14.6 Å². The number of carbonyl (C=O) groups is 2. The molecule has 3 aromatic rings. The highest BCUT2D eigenvalue weighted by Gasteiger charge is 2.28. The summed E-state index contributed by atoms with van der Waals surface area (Å²) < 4.78 is 11.1. The highest BCUT2D eigenvalue weighted by Crippen LogP contribution is 2.31. The third-order valence-corrected chi connectivity index (χ3v) is 5.92. The van der Waals surface area contributed by atoms with Gasteiger partial charge in [0.1, 0.15) is 0 Å². The predicted molar refractivity (Wildman–Crippen MR) is 122 cm³/mol. The SMILES string of the molecule is COc1cc(C)ccc1OCC(=O)N1CCC(c2nc3ccccc3cc2C(N)=O)CC1. The average molecular weight is 434 g/mol. The molecule has 1 fully saturated rings. The Morgan fingerprint density at radius 1 is 1.09 bits per heavy atom. The summed E-state index contributed by atoms with van der Waals surface area (Å²) in [5, 5.41) is 0.890. The number of para-hydroxylation sites is 1. The van der Waals surface area contributed by atoms with Crippen LogP contribution in [0.4, 0.5) is 0 Å². The number of aromatic nitrogens is 1. The molecule has 166 valence electrons. The number of amides is 2. The minimum absolute atomic E-state index is 0.0507. The first-order valence-electron chi connectivity index (χ1n) is 10.7. The Labute approximate surface area is 187 Å². The van der Waals surface area contributed by atoms with Crippen LogP contribution >= 0.6 is 0 Å². The van der Waals surface area contributed by atoms with Gasteiger partial charge in [-0.15, -0.1) is 0 Å². The van der Waals surface area contributed by atoms with Crippen molar-refractivity contribution < 1.29 is 19.1 Å². The number of pyridine rings is 1. The van der Waals surface area contributed by atoms with E-state index in [0.717, 1.165) is 22.2 Å². The molecule has 0 aliphatic carbocycles. The number of carbonyl (C=O) groups excluding carboxylic acids is 2. The Balaban J connectivity index is 1.41. The van der Waals surface area contributed by atoms with Crippen LogP contribution in [0.1, 0.15) is 40.4 Å². The van der Waals surface area contributed by atoms with Crippen LogP contribution in [0.2, 0.25) is 0 Å². The van der Waals surface area contributed by atoms with Crippen molar-refractivity contribution in [1.29, 1.82) is 0 Å². The van der Waals surface area contributed by atoms with Gasteiger partial charge in [0.2, 0.25) is 0 Å². The fraction of sp³-hybridized carbons (Fsp3) is 0.320. The Kier molecular flexibility index (Phi) is 6.25. The van der Waals surface area contributed by atoms with E-state index in [1.165, 1.54) is 0 Å². The third kappa shape index (κ3) is 4.51. The normalized spacial score (nSPS) is 14.4. The maximum atomic E-state index is 12.7. The molecule has 1 aromatic heterocycles. The molecule has 32 heavy (non-hydrogen) atoms. The fourth-order valence-electron chi connectivity index (χ4n) is 4.17. The summed E-state index contributed by atoms with van der Waals surface area (Å²) in [6.45, 7) is 3.07. The van der Waals surface area contributed by atoms with E-state index >= 15 is 0 Å². The molecule has 2 aromatic carbocycles. The maximum Gasteiger partial charge on any atom is 0.260 e. The number of methoxy groups -OCH3 is 1. The van der Waals surface area contributed by atoms with E-state index in [4.69, 9.17) is 20.2 Å². The van der Waals surface area contributed by atoms with Crippen molar-refractivity contribution in [3.05, 3.63) is 65.4 Å². The first-order valence-corrected chi connectivity index (χ1v) is 10.7. The van der Waals surface area contributed by atoms with Crippen LogP contribution in [-0.4, -0.2) is 48.5 Å². The van der Waals surface area contributed by atoms with Gasteiger partial charge in [-0.05, 0) is 49.6 Å². The first kappa shape index (κ1) is 21.6. The summed E-state index contributed by atoms with van der Waals surface area (Å²) in [5.41, 5.74) is 8.73. The average Bonchev–Trinajstić information content (AvgIpc) is 2.82. The number of nitrogens with zero attached hydrogens (tertiary/aromatic N) is 2. The van der Waals surface area contributed by atoms with E-state index in [9.17, 15) is 9.59 Å². The summed E-state index contributed by atoms with van der Waals surface area (Å²) in [6, 6.07) is 15.1. The number of fused-ring (bicyclic) bond motifs is 1. The fourth-order valence-corrected chi connectivity index (χ4v) is 4.17. The first-order chi connectivity index (χ1) is 15.5. The Hall–Kier alpha value is -3.61. The smallest absolute Gasteiger partial charge is 0.260 e. The zero-order valence-corrected chi connectivity index (χ0v) is 18.3. The van der Waals surface area contributed by atoms with Crippen molar-refractivity contribution in [2.45, 2.75) is 25.7 Å². The molecule has 7 heteroatoms. The summed E-state index contributed by atoms with van der Waals surface area (Å²) in [7, 11) is 1.58. The highest BCUT2D eigenvalue weighted by atomic mass is 16.5. The van der Waals surface area contributed by atoms with Crippen LogP contribution in [0.5, 0.6) is 11.5 Å². The molecule has 0 radical (unpaired) electrons. The third-order valence-electron chi connectivity index (χ3n) is 5.92. The largest absolute Gasteiger partial charge is 0.493 e. The number of aryl methyl sites for hydroxylation is 1. The molecule has 0 spiro atoms. The van der Waals surface area contributed by atoms with Crippen molar-refractivity contribution in [3.8, 4) is 11.5 Å². The van der Waals surface area contributed by atoms with E-state index < -0.39 is 5.91 Å². The van der Waals surface area contributed by atoms with Gasteiger partial charge >= 0.3 is 0 Å². The van der Waals surface area contributed by atoms with Crippen LogP contribution < -0.4 is 15.2 Å². The lowest BCUT2D eigenvalue weighted by atomic mass is 9.89. The summed E-state index contributed by atoms with van der Waals surface area (Å²) in [4.78, 5) is 31.3. The molecule has 1 aliphatic heterocycles. The number of ether oxygens (including phenoxy) is 2. The van der Waals surface area contributed by atoms with Crippen molar-refractivity contribution in [1.82, 2.24) is 9.88 Å². The predicted octanol–water partition coefficient (Wildman–Crippen LogP) is 3.44. The van der Waals surface area contributed by atoms with Gasteiger partial charge in [0.05, 0.1) is 23.9 Å². The standard InChI is InChI=1S/C25H27N3O4/c1-16-7-8-21(22(13-16)31-2)32-15-23(29)28-11-9-17(10-12-28)24-19(25(26)30)14-18-5-3-4-6-20(18)27-24/h3-8,13-14,17H,9-12,15H2,1-2H3,(H2,26,30). The molecule has 2 amide bonds. The van der Waals surface area contributed by atoms with Crippen LogP contribution in [-0.2, 0) is 4.79 Å². The van der Waals surface area contributed by atoms with Gasteiger partial charge in [-0.2, -0.15) is 0 Å². The lowest BCUT2D eigenvalue weighted by Crippen LogP contribution is -2.41. The molecule has 0 unspecified atom stereocenters. The Morgan fingerprint density at radius 3 is 2.56 bits per heavy atom. The number of rotatable bonds is 6. The van der Waals surface area contributed by atoms with E-state index in [0.29, 0.717) is 43.0 Å². The zero-order valence-electron chi connectivity index (χ0n) is 18.3. The summed E-state index contributed by atoms with van der Waals surface area (Å²) in [6.07, 6.45) is 1.43. The Morgan fingerprint density at radius 2 is 1.84 bits per heavy atom. The number of piperidine rings is 1. The zero-order chi connectivity index (χ0) is 22.7. The van der Waals surface area contributed by atoms with Crippen LogP contribution in [0.3, 0.4) is 0 Å². The number of hydrogen-bond donors (Lipinski definition) is 1. The second-order valence-electron chi connectivity index (χ2n) is 8.08. The topological polar surface area (TPSA) is 94.8 Å². The van der Waals surface area contributed by atoms with E-state index in [1.54, 1.807) is 12.0 Å². The van der Waals surface area contributed by atoms with Crippen molar-refractivity contribution in [2.75, 3.05) is 26.8 Å². The van der Waals surface area contributed by atoms with E-state index in [-0.39, 0.29) is 18.4 Å². The number of hydrogen-bond acceptors (Lipinski definition) is 5. The number of nitrogens with two attached hydrogens (primary N) is 1. The Bertz CT molecular complexity index is 1150. The van der Waals surface area contributed by atoms with Gasteiger partial charge in [0.25, 0.3) is 11.8 Å². The van der Waals surface area contributed by atoms with Crippen molar-refractivity contribution >= 4 is 22.7 Å². The molecule has 1 saturated heterocycles. The van der Waals surface area contributed by atoms with Gasteiger partial charge in [0.15, 0.2) is 18.1 Å². The minimum Gasteiger partial charge on any atom is -0.493 e. The molecule has 0 bridgehead atoms. The van der Waals surface area contributed by atoms with E-state index in [1.807, 2.05) is 55.5 Å². The lowest BCUT2D eigenvalue weighted by molar-refractivity contribution is -0.134.